The van der Waals surface area contributed by atoms with Crippen LogP contribution in [-0.2, 0) is 4.79 Å². The number of carbonyl (C=O) groups is 2. The van der Waals surface area contributed by atoms with Crippen molar-refractivity contribution in [2.75, 3.05) is 17.3 Å². The molecule has 26 heavy (non-hydrogen) atoms. The molecule has 3 aromatic carbocycles. The van der Waals surface area contributed by atoms with Crippen molar-refractivity contribution >= 4 is 33.8 Å². The second kappa shape index (κ2) is 7.40. The van der Waals surface area contributed by atoms with Crippen molar-refractivity contribution in [1.29, 1.82) is 0 Å². The first kappa shape index (κ1) is 17.7. The number of nitrogens with one attached hydrogen (secondary N) is 1. The topological polar surface area (TPSA) is 49.4 Å². The van der Waals surface area contributed by atoms with Crippen molar-refractivity contribution in [3.05, 3.63) is 72.3 Å². The van der Waals surface area contributed by atoms with Gasteiger partial charge in [-0.1, -0.05) is 42.5 Å². The van der Waals surface area contributed by atoms with Crippen LogP contribution in [0.3, 0.4) is 0 Å². The predicted octanol–water partition coefficient (Wildman–Crippen LogP) is 4.51. The zero-order valence-electron chi connectivity index (χ0n) is 15.2. The molecule has 0 saturated carbocycles. The summed E-state index contributed by atoms with van der Waals surface area (Å²) in [4.78, 5) is 26.1. The average Bonchev–Trinajstić information content (AvgIpc) is 2.66. The molecule has 0 heterocycles. The molecule has 1 amide bonds. The van der Waals surface area contributed by atoms with E-state index in [0.29, 0.717) is 11.3 Å². The van der Waals surface area contributed by atoms with Crippen LogP contribution in [0.25, 0.3) is 10.8 Å². The van der Waals surface area contributed by atoms with E-state index in [0.717, 1.165) is 11.1 Å². The summed E-state index contributed by atoms with van der Waals surface area (Å²) >= 11 is 0. The van der Waals surface area contributed by atoms with E-state index in [2.05, 4.69) is 29.6 Å². The van der Waals surface area contributed by atoms with Crippen LogP contribution in [0.5, 0.6) is 0 Å². The highest BCUT2D eigenvalue weighted by Crippen LogP contribution is 2.23. The molecule has 4 nitrogen and oxygen atoms in total. The molecule has 0 radical (unpaired) electrons. The van der Waals surface area contributed by atoms with Crippen molar-refractivity contribution < 1.29 is 9.59 Å². The molecule has 0 spiro atoms. The number of nitrogens with zero attached hydrogens (tertiary/aromatic N) is 1. The van der Waals surface area contributed by atoms with Gasteiger partial charge in [-0.3, -0.25) is 9.59 Å². The van der Waals surface area contributed by atoms with Crippen LogP contribution in [0.4, 0.5) is 11.4 Å². The maximum atomic E-state index is 12.6. The fourth-order valence-electron chi connectivity index (χ4n) is 2.86. The summed E-state index contributed by atoms with van der Waals surface area (Å²) in [6.45, 7) is 3.37. The van der Waals surface area contributed by atoms with Gasteiger partial charge in [0, 0.05) is 24.0 Å². The highest BCUT2D eigenvalue weighted by molar-refractivity contribution is 5.99. The minimum absolute atomic E-state index is 0.0255. The predicted molar refractivity (Wildman–Crippen MR) is 107 cm³/mol. The van der Waals surface area contributed by atoms with Gasteiger partial charge in [0.1, 0.15) is 6.04 Å². The van der Waals surface area contributed by atoms with Crippen LogP contribution < -0.4 is 10.2 Å². The fraction of sp³-hybridized carbons (Fsp3) is 0.182. The van der Waals surface area contributed by atoms with Gasteiger partial charge in [0.25, 0.3) is 0 Å². The van der Waals surface area contributed by atoms with Crippen molar-refractivity contribution in [3.8, 4) is 0 Å². The van der Waals surface area contributed by atoms with Gasteiger partial charge in [0.15, 0.2) is 5.78 Å². The second-order valence-electron chi connectivity index (χ2n) is 6.44. The van der Waals surface area contributed by atoms with E-state index in [1.54, 1.807) is 24.3 Å². The number of anilines is 2. The van der Waals surface area contributed by atoms with Gasteiger partial charge in [-0.25, -0.2) is 0 Å². The molecular formula is C22H22N2O2. The smallest absolute Gasteiger partial charge is 0.246 e. The summed E-state index contributed by atoms with van der Waals surface area (Å²) in [5.41, 5.74) is 2.18. The van der Waals surface area contributed by atoms with E-state index in [9.17, 15) is 9.59 Å². The van der Waals surface area contributed by atoms with Gasteiger partial charge in [0.05, 0.1) is 0 Å². The zero-order chi connectivity index (χ0) is 18.7. The summed E-state index contributed by atoms with van der Waals surface area (Å²) in [6.07, 6.45) is 0. The van der Waals surface area contributed by atoms with Crippen LogP contribution >= 0.6 is 0 Å². The van der Waals surface area contributed by atoms with Crippen molar-refractivity contribution in [2.45, 2.75) is 19.9 Å². The Morgan fingerprint density at radius 1 is 0.923 bits per heavy atom. The molecule has 0 aromatic heterocycles. The molecule has 0 unspecified atom stereocenters. The lowest BCUT2D eigenvalue weighted by Crippen LogP contribution is -2.39. The molecule has 1 atom stereocenters. The van der Waals surface area contributed by atoms with Gasteiger partial charge in [-0.15, -0.1) is 0 Å². The molecule has 0 fully saturated rings. The third-order valence-electron chi connectivity index (χ3n) is 4.64. The lowest BCUT2D eigenvalue weighted by Gasteiger charge is -2.26. The third-order valence-corrected chi connectivity index (χ3v) is 4.64. The summed E-state index contributed by atoms with van der Waals surface area (Å²) < 4.78 is 0. The zero-order valence-corrected chi connectivity index (χ0v) is 15.2. The van der Waals surface area contributed by atoms with E-state index in [4.69, 9.17) is 0 Å². The van der Waals surface area contributed by atoms with Gasteiger partial charge in [-0.2, -0.15) is 0 Å². The number of benzene rings is 3. The normalized spacial score (nSPS) is 11.8. The first-order valence-electron chi connectivity index (χ1n) is 8.59. The van der Waals surface area contributed by atoms with E-state index >= 15 is 0 Å². The van der Waals surface area contributed by atoms with Gasteiger partial charge >= 0.3 is 0 Å². The fourth-order valence-corrected chi connectivity index (χ4v) is 2.86. The Morgan fingerprint density at radius 2 is 1.65 bits per heavy atom. The van der Waals surface area contributed by atoms with Gasteiger partial charge in [-0.05, 0) is 48.9 Å². The van der Waals surface area contributed by atoms with E-state index in [1.165, 1.54) is 12.3 Å². The number of hydrogen-bond acceptors (Lipinski definition) is 3. The Morgan fingerprint density at radius 3 is 2.38 bits per heavy atom. The van der Waals surface area contributed by atoms with Crippen molar-refractivity contribution in [1.82, 2.24) is 0 Å². The van der Waals surface area contributed by atoms with Crippen LogP contribution in [-0.4, -0.2) is 24.8 Å². The molecule has 0 aliphatic rings. The maximum Gasteiger partial charge on any atom is 0.246 e. The number of fused-ring (bicyclic) bond motifs is 1. The first-order chi connectivity index (χ1) is 12.5. The number of carbonyl (C=O) groups excluding carboxylic acids is 2. The van der Waals surface area contributed by atoms with Crippen molar-refractivity contribution in [3.63, 3.8) is 0 Å². The number of hydrogen-bond donors (Lipinski definition) is 1. The second-order valence-corrected chi connectivity index (χ2v) is 6.44. The Hall–Kier alpha value is -3.14. The molecule has 132 valence electrons. The lowest BCUT2D eigenvalue weighted by molar-refractivity contribution is -0.117. The van der Waals surface area contributed by atoms with Gasteiger partial charge in [0.2, 0.25) is 5.91 Å². The van der Waals surface area contributed by atoms with E-state index in [1.807, 2.05) is 37.1 Å². The Kier molecular flexibility index (Phi) is 5.03. The Labute approximate surface area is 153 Å². The number of rotatable bonds is 5. The Balaban J connectivity index is 1.76. The monoisotopic (exact) mass is 346 g/mol. The number of ketones is 1. The van der Waals surface area contributed by atoms with Gasteiger partial charge < -0.3 is 10.2 Å². The largest absolute Gasteiger partial charge is 0.363 e. The highest BCUT2D eigenvalue weighted by Gasteiger charge is 2.19. The number of amides is 1. The Bertz CT molecular complexity index is 965. The van der Waals surface area contributed by atoms with Crippen LogP contribution in [0.1, 0.15) is 24.2 Å². The minimum Gasteiger partial charge on any atom is -0.363 e. The SMILES string of the molecule is CC(=O)c1cccc(NC(=O)[C@H](C)N(C)c2ccc3ccccc3c2)c1. The molecule has 0 aliphatic heterocycles. The molecular weight excluding hydrogens is 324 g/mol. The van der Waals surface area contributed by atoms with Crippen LogP contribution in [0.15, 0.2) is 66.7 Å². The standard InChI is InChI=1S/C22H22N2O2/c1-15(22(26)23-20-10-6-9-18(13-20)16(2)25)24(3)21-12-11-17-7-4-5-8-19(17)14-21/h4-15H,1-3H3,(H,23,26)/t15-/m0/s1. The quantitative estimate of drug-likeness (QED) is 0.692. The maximum absolute atomic E-state index is 12.6. The summed E-state index contributed by atoms with van der Waals surface area (Å²) in [5, 5.41) is 5.20. The average molecular weight is 346 g/mol. The molecule has 0 aliphatic carbocycles. The third kappa shape index (κ3) is 3.75. The molecule has 0 bridgehead atoms. The summed E-state index contributed by atoms with van der Waals surface area (Å²) in [7, 11) is 1.90. The van der Waals surface area contributed by atoms with Crippen LogP contribution in [0.2, 0.25) is 0 Å². The molecule has 0 saturated heterocycles. The molecule has 3 rings (SSSR count). The van der Waals surface area contributed by atoms with Crippen molar-refractivity contribution in [2.24, 2.45) is 0 Å². The van der Waals surface area contributed by atoms with Crippen LogP contribution in [0, 0.1) is 0 Å². The lowest BCUT2D eigenvalue weighted by atomic mass is 10.1. The molecule has 3 aromatic rings. The number of Topliss-reactive ketones (excluding diaryl/α,β-unsaturated/α-hetero) is 1. The summed E-state index contributed by atoms with van der Waals surface area (Å²) in [5.74, 6) is -0.149. The van der Waals surface area contributed by atoms with E-state index < -0.39 is 0 Å². The molecule has 4 heteroatoms. The van der Waals surface area contributed by atoms with E-state index in [-0.39, 0.29) is 17.7 Å². The number of likely N-dealkylation sites (N-methyl/N-ethyl adjacent to an activating group) is 1. The summed E-state index contributed by atoms with van der Waals surface area (Å²) in [6, 6.07) is 20.9. The first-order valence-corrected chi connectivity index (χ1v) is 8.59. The molecule has 1 N–H and O–H groups in total. The highest BCUT2D eigenvalue weighted by atomic mass is 16.2. The minimum atomic E-state index is -0.364.